The summed E-state index contributed by atoms with van der Waals surface area (Å²) in [7, 11) is 0. The molecule has 1 aliphatic rings. The van der Waals surface area contributed by atoms with Crippen LogP contribution in [0.25, 0.3) is 5.57 Å². The molecule has 0 fully saturated rings. The van der Waals surface area contributed by atoms with Crippen LogP contribution in [0.5, 0.6) is 5.75 Å². The van der Waals surface area contributed by atoms with Crippen LogP contribution in [0.3, 0.4) is 0 Å². The molecule has 0 unspecified atom stereocenters. The Morgan fingerprint density at radius 3 is 2.23 bits per heavy atom. The lowest BCUT2D eigenvalue weighted by molar-refractivity contribution is -0.119. The lowest BCUT2D eigenvalue weighted by Gasteiger charge is -2.15. The number of halogens is 1. The fourth-order valence-electron chi connectivity index (χ4n) is 3.25. The van der Waals surface area contributed by atoms with Gasteiger partial charge in [-0.15, -0.1) is 0 Å². The molecule has 156 valence electrons. The summed E-state index contributed by atoms with van der Waals surface area (Å²) in [5, 5.41) is 0. The minimum absolute atomic E-state index is 0.0541. The number of carbonyl (C=O) groups excluding carboxylic acids is 2. The lowest BCUT2D eigenvalue weighted by Crippen LogP contribution is -2.32. The number of thioether (sulfide) groups is 1. The summed E-state index contributed by atoms with van der Waals surface area (Å²) in [5.74, 6) is -1.02. The molecule has 1 heterocycles. The molecule has 3 aromatic carbocycles. The largest absolute Gasteiger partial charge is 0.494 e. The second kappa shape index (κ2) is 9.18. The third-order valence-electron chi connectivity index (χ3n) is 4.71. The first kappa shape index (κ1) is 20.9. The second-order valence-electron chi connectivity index (χ2n) is 6.89. The van der Waals surface area contributed by atoms with Crippen LogP contribution in [0.4, 0.5) is 10.1 Å². The summed E-state index contributed by atoms with van der Waals surface area (Å²) < 4.78 is 20.1. The number of amides is 2. The summed E-state index contributed by atoms with van der Waals surface area (Å²) in [4.78, 5) is 28.7. The Balaban J connectivity index is 1.77. The number of anilines is 1. The van der Waals surface area contributed by atoms with Crippen LogP contribution in [-0.2, 0) is 9.59 Å². The molecule has 0 saturated carbocycles. The van der Waals surface area contributed by atoms with E-state index in [0.717, 1.165) is 16.2 Å². The first-order valence-electron chi connectivity index (χ1n) is 9.94. The maximum atomic E-state index is 14.5. The van der Waals surface area contributed by atoms with Crippen molar-refractivity contribution < 1.29 is 18.7 Å². The summed E-state index contributed by atoms with van der Waals surface area (Å²) >= 11 is 1.20. The van der Waals surface area contributed by atoms with E-state index in [4.69, 9.17) is 4.74 Å². The molecule has 4 rings (SSSR count). The van der Waals surface area contributed by atoms with Gasteiger partial charge in [0.05, 0.1) is 22.8 Å². The quantitative estimate of drug-likeness (QED) is 0.449. The Hall–Kier alpha value is -3.38. The Bertz CT molecular complexity index is 1140. The van der Waals surface area contributed by atoms with E-state index in [-0.39, 0.29) is 16.2 Å². The minimum atomic E-state index is -0.627. The molecule has 0 aliphatic carbocycles. The maximum Gasteiger partial charge on any atom is 0.273 e. The third-order valence-corrected chi connectivity index (χ3v) is 5.80. The molecule has 31 heavy (non-hydrogen) atoms. The first-order chi connectivity index (χ1) is 15.1. The predicted molar refractivity (Wildman–Crippen MR) is 120 cm³/mol. The van der Waals surface area contributed by atoms with Crippen molar-refractivity contribution in [1.82, 2.24) is 0 Å². The van der Waals surface area contributed by atoms with Crippen LogP contribution in [-0.4, -0.2) is 18.4 Å². The van der Waals surface area contributed by atoms with Crippen LogP contribution in [0.2, 0.25) is 0 Å². The molecule has 0 bridgehead atoms. The minimum Gasteiger partial charge on any atom is -0.494 e. The van der Waals surface area contributed by atoms with Crippen LogP contribution >= 0.6 is 11.8 Å². The van der Waals surface area contributed by atoms with E-state index in [9.17, 15) is 14.0 Å². The van der Waals surface area contributed by atoms with E-state index in [0.29, 0.717) is 17.9 Å². The molecule has 1 aliphatic heterocycles. The highest BCUT2D eigenvalue weighted by Gasteiger charge is 2.41. The van der Waals surface area contributed by atoms with Gasteiger partial charge in [-0.2, -0.15) is 0 Å². The molecule has 6 heteroatoms. The Labute approximate surface area is 184 Å². The van der Waals surface area contributed by atoms with Gasteiger partial charge in [0.1, 0.15) is 11.6 Å². The summed E-state index contributed by atoms with van der Waals surface area (Å²) in [6.07, 6.45) is 0.884. The smallest absolute Gasteiger partial charge is 0.273 e. The number of imide groups is 1. The molecule has 2 amide bonds. The number of para-hydroxylation sites is 1. The predicted octanol–water partition coefficient (Wildman–Crippen LogP) is 5.69. The monoisotopic (exact) mass is 433 g/mol. The van der Waals surface area contributed by atoms with Crippen LogP contribution in [0, 0.1) is 5.82 Å². The zero-order valence-electron chi connectivity index (χ0n) is 16.9. The fraction of sp³-hybridized carbons (Fsp3) is 0.120. The Morgan fingerprint density at radius 2 is 1.55 bits per heavy atom. The summed E-state index contributed by atoms with van der Waals surface area (Å²) in [6, 6.07) is 22.1. The van der Waals surface area contributed by atoms with E-state index in [1.165, 1.54) is 30.0 Å². The Kier molecular flexibility index (Phi) is 6.18. The first-order valence-corrected chi connectivity index (χ1v) is 10.8. The van der Waals surface area contributed by atoms with Crippen molar-refractivity contribution in [3.8, 4) is 5.75 Å². The Morgan fingerprint density at radius 1 is 0.871 bits per heavy atom. The zero-order chi connectivity index (χ0) is 21.8. The van der Waals surface area contributed by atoms with Gasteiger partial charge in [0, 0.05) is 4.90 Å². The van der Waals surface area contributed by atoms with Crippen LogP contribution < -0.4 is 9.64 Å². The molecule has 0 saturated heterocycles. The second-order valence-corrected chi connectivity index (χ2v) is 7.97. The molecule has 0 spiro atoms. The molecular weight excluding hydrogens is 413 g/mol. The molecule has 0 N–H and O–H groups in total. The highest BCUT2D eigenvalue weighted by atomic mass is 32.2. The standard InChI is InChI=1S/C25H20FNO3S/c1-2-16-30-18-14-12-17(13-15-18)22-23(31-19-8-4-3-5-9-19)25(29)27(24(22)28)21-11-7-6-10-20(21)26/h3-15H,2,16H2,1H3. The zero-order valence-corrected chi connectivity index (χ0v) is 17.7. The number of carbonyl (C=O) groups is 2. The van der Waals surface area contributed by atoms with Gasteiger partial charge in [-0.25, -0.2) is 9.29 Å². The van der Waals surface area contributed by atoms with Gasteiger partial charge in [0.15, 0.2) is 0 Å². The van der Waals surface area contributed by atoms with Crippen LogP contribution in [0.15, 0.2) is 88.7 Å². The van der Waals surface area contributed by atoms with Gasteiger partial charge >= 0.3 is 0 Å². The third kappa shape index (κ3) is 4.25. The molecule has 4 nitrogen and oxygen atoms in total. The van der Waals surface area contributed by atoms with E-state index < -0.39 is 17.6 Å². The van der Waals surface area contributed by atoms with Crippen LogP contribution in [0.1, 0.15) is 18.9 Å². The average molecular weight is 434 g/mol. The van der Waals surface area contributed by atoms with Crippen molar-refractivity contribution in [3.63, 3.8) is 0 Å². The SMILES string of the molecule is CCCOc1ccc(C2=C(Sc3ccccc3)C(=O)N(c3ccccc3F)C2=O)cc1. The highest BCUT2D eigenvalue weighted by Crippen LogP contribution is 2.42. The number of hydrogen-bond donors (Lipinski definition) is 0. The van der Waals surface area contributed by atoms with Gasteiger partial charge < -0.3 is 4.74 Å². The van der Waals surface area contributed by atoms with Gasteiger partial charge in [-0.1, -0.05) is 61.2 Å². The van der Waals surface area contributed by atoms with E-state index in [1.54, 1.807) is 30.3 Å². The summed E-state index contributed by atoms with van der Waals surface area (Å²) in [6.45, 7) is 2.61. The topological polar surface area (TPSA) is 46.6 Å². The number of benzene rings is 3. The van der Waals surface area contributed by atoms with Crippen molar-refractivity contribution in [2.75, 3.05) is 11.5 Å². The molecule has 0 radical (unpaired) electrons. The highest BCUT2D eigenvalue weighted by molar-refractivity contribution is 8.04. The number of ether oxygens (including phenoxy) is 1. The average Bonchev–Trinajstić information content (AvgIpc) is 3.03. The number of rotatable bonds is 7. The fourth-order valence-corrected chi connectivity index (χ4v) is 4.27. The van der Waals surface area contributed by atoms with Gasteiger partial charge in [0.25, 0.3) is 11.8 Å². The van der Waals surface area contributed by atoms with Gasteiger partial charge in [-0.05, 0) is 48.4 Å². The van der Waals surface area contributed by atoms with E-state index in [1.807, 2.05) is 37.3 Å². The van der Waals surface area contributed by atoms with Gasteiger partial charge in [0.2, 0.25) is 0 Å². The maximum absolute atomic E-state index is 14.5. The normalized spacial score (nSPS) is 13.8. The molecule has 0 aromatic heterocycles. The van der Waals surface area contributed by atoms with Crippen molar-refractivity contribution in [2.45, 2.75) is 18.2 Å². The van der Waals surface area contributed by atoms with E-state index in [2.05, 4.69) is 0 Å². The molecular formula is C25H20FNO3S. The number of nitrogens with zero attached hydrogens (tertiary/aromatic N) is 1. The van der Waals surface area contributed by atoms with Crippen molar-refractivity contribution in [1.29, 1.82) is 0 Å². The van der Waals surface area contributed by atoms with E-state index >= 15 is 0 Å². The van der Waals surface area contributed by atoms with Crippen molar-refractivity contribution >= 4 is 34.8 Å². The van der Waals surface area contributed by atoms with Crippen molar-refractivity contribution in [2.24, 2.45) is 0 Å². The van der Waals surface area contributed by atoms with Crippen molar-refractivity contribution in [3.05, 3.63) is 95.1 Å². The molecule has 3 aromatic rings. The van der Waals surface area contributed by atoms with Gasteiger partial charge in [-0.3, -0.25) is 9.59 Å². The lowest BCUT2D eigenvalue weighted by atomic mass is 10.1. The summed E-state index contributed by atoms with van der Waals surface area (Å²) in [5.41, 5.74) is 0.783. The number of hydrogen-bond acceptors (Lipinski definition) is 4. The molecule has 0 atom stereocenters.